The molecule has 0 aliphatic carbocycles. The molecule has 0 bridgehead atoms. The van der Waals surface area contributed by atoms with Gasteiger partial charge in [-0.1, -0.05) is 13.8 Å². The number of hydrogen-bond acceptors (Lipinski definition) is 6. The van der Waals surface area contributed by atoms with E-state index in [9.17, 15) is 13.2 Å². The minimum Gasteiger partial charge on any atom is -0.396 e. The van der Waals surface area contributed by atoms with E-state index < -0.39 is 9.84 Å². The lowest BCUT2D eigenvalue weighted by Gasteiger charge is -2.05. The van der Waals surface area contributed by atoms with Crippen LogP contribution in [0, 0.1) is 0 Å². The van der Waals surface area contributed by atoms with E-state index in [1.807, 2.05) is 13.8 Å². The number of nitrogens with two attached hydrogens (primary N) is 1. The van der Waals surface area contributed by atoms with Crippen molar-refractivity contribution in [1.29, 1.82) is 0 Å². The van der Waals surface area contributed by atoms with Gasteiger partial charge in [0.25, 0.3) is 5.91 Å². The van der Waals surface area contributed by atoms with Crippen LogP contribution in [0.4, 0.5) is 10.7 Å². The average Bonchev–Trinajstić information content (AvgIpc) is 2.74. The molecule has 0 atom stereocenters. The van der Waals surface area contributed by atoms with E-state index in [1.165, 1.54) is 0 Å². The summed E-state index contributed by atoms with van der Waals surface area (Å²) in [5, 5.41) is 6.12. The molecule has 0 aliphatic rings. The van der Waals surface area contributed by atoms with Crippen LogP contribution in [0.3, 0.4) is 0 Å². The van der Waals surface area contributed by atoms with Gasteiger partial charge in [0.05, 0.1) is 11.4 Å². The van der Waals surface area contributed by atoms with Gasteiger partial charge < -0.3 is 16.4 Å². The van der Waals surface area contributed by atoms with Crippen molar-refractivity contribution in [3.63, 3.8) is 0 Å². The lowest BCUT2D eigenvalue weighted by Crippen LogP contribution is -2.24. The molecule has 0 aromatic carbocycles. The topological polar surface area (TPSA) is 101 Å². The van der Waals surface area contributed by atoms with E-state index in [4.69, 9.17) is 5.73 Å². The minimum atomic E-state index is -3.47. The van der Waals surface area contributed by atoms with Crippen molar-refractivity contribution in [3.8, 4) is 0 Å². The monoisotopic (exact) mass is 319 g/mol. The molecule has 0 unspecified atom stereocenters. The van der Waals surface area contributed by atoms with Crippen molar-refractivity contribution in [1.82, 2.24) is 5.32 Å². The molecule has 0 spiro atoms. The van der Waals surface area contributed by atoms with Crippen molar-refractivity contribution < 1.29 is 13.2 Å². The van der Waals surface area contributed by atoms with Gasteiger partial charge >= 0.3 is 0 Å². The maximum Gasteiger partial charge on any atom is 0.263 e. The molecule has 1 aromatic rings. The van der Waals surface area contributed by atoms with Gasteiger partial charge in [0.2, 0.25) is 0 Å². The summed E-state index contributed by atoms with van der Waals surface area (Å²) in [7, 11) is -3.47. The molecule has 0 radical (unpaired) electrons. The molecule has 20 heavy (non-hydrogen) atoms. The highest BCUT2D eigenvalue weighted by molar-refractivity contribution is 7.91. The first-order valence-corrected chi connectivity index (χ1v) is 9.02. The highest BCUT2D eigenvalue weighted by Crippen LogP contribution is 2.39. The molecule has 1 rings (SSSR count). The molecule has 1 heterocycles. The Kier molecular flexibility index (Phi) is 5.82. The van der Waals surface area contributed by atoms with Gasteiger partial charge in [0, 0.05) is 13.1 Å². The number of nitrogen functional groups attached to an aromatic ring is 1. The summed E-state index contributed by atoms with van der Waals surface area (Å²) in [5.74, 6) is -0.381. The molecule has 0 saturated heterocycles. The van der Waals surface area contributed by atoms with Gasteiger partial charge in [0.15, 0.2) is 9.84 Å². The third-order valence-corrected chi connectivity index (χ3v) is 5.77. The summed E-state index contributed by atoms with van der Waals surface area (Å²) in [6, 6.07) is 0. The Balaban J connectivity index is 3.30. The molecular weight excluding hydrogens is 298 g/mol. The second-order valence-corrected chi connectivity index (χ2v) is 7.43. The first-order chi connectivity index (χ1) is 9.38. The summed E-state index contributed by atoms with van der Waals surface area (Å²) in [6.07, 6.45) is 0.803. The first-order valence-electron chi connectivity index (χ1n) is 6.56. The third-order valence-electron chi connectivity index (χ3n) is 2.67. The Morgan fingerprint density at radius 1 is 1.30 bits per heavy atom. The predicted octanol–water partition coefficient (Wildman–Crippen LogP) is 1.70. The van der Waals surface area contributed by atoms with Crippen molar-refractivity contribution in [2.24, 2.45) is 0 Å². The number of anilines is 2. The van der Waals surface area contributed by atoms with Crippen LogP contribution >= 0.6 is 11.3 Å². The van der Waals surface area contributed by atoms with E-state index >= 15 is 0 Å². The molecule has 1 amide bonds. The lowest BCUT2D eigenvalue weighted by atomic mass is 10.3. The normalized spacial score (nSPS) is 11.3. The van der Waals surface area contributed by atoms with Crippen LogP contribution in [0.1, 0.15) is 36.9 Å². The fourth-order valence-electron chi connectivity index (χ4n) is 1.65. The molecule has 1 aromatic heterocycles. The van der Waals surface area contributed by atoms with Gasteiger partial charge in [-0.25, -0.2) is 8.42 Å². The lowest BCUT2D eigenvalue weighted by molar-refractivity contribution is 0.0958. The van der Waals surface area contributed by atoms with Crippen molar-refractivity contribution in [2.45, 2.75) is 32.1 Å². The van der Waals surface area contributed by atoms with Crippen LogP contribution in [-0.2, 0) is 9.84 Å². The van der Waals surface area contributed by atoms with Crippen LogP contribution in [0.5, 0.6) is 0 Å². The number of rotatable bonds is 7. The Labute approximate surface area is 123 Å². The molecule has 0 aliphatic heterocycles. The van der Waals surface area contributed by atoms with E-state index in [0.29, 0.717) is 18.1 Å². The number of sulfone groups is 1. The van der Waals surface area contributed by atoms with E-state index in [2.05, 4.69) is 10.6 Å². The van der Waals surface area contributed by atoms with Crippen molar-refractivity contribution >= 4 is 37.8 Å². The molecule has 0 saturated carbocycles. The van der Waals surface area contributed by atoms with Gasteiger partial charge in [-0.2, -0.15) is 0 Å². The third kappa shape index (κ3) is 3.43. The minimum absolute atomic E-state index is 0.0430. The fraction of sp³-hybridized carbons (Fsp3) is 0.583. The number of hydrogen-bond donors (Lipinski definition) is 3. The number of thiophene rings is 1. The van der Waals surface area contributed by atoms with Crippen LogP contribution in [0.25, 0.3) is 0 Å². The molecule has 4 N–H and O–H groups in total. The standard InChI is InChI=1S/C12H21N3O3S2/c1-4-7-15-11(16)9-8(13)10(20(17,18)6-3)12(19-9)14-5-2/h14H,4-7,13H2,1-3H3,(H,15,16). The van der Waals surface area contributed by atoms with E-state index in [1.54, 1.807) is 6.92 Å². The summed E-state index contributed by atoms with van der Waals surface area (Å²) in [4.78, 5) is 12.3. The fourth-order valence-corrected chi connectivity index (χ4v) is 4.30. The predicted molar refractivity (Wildman–Crippen MR) is 83.2 cm³/mol. The van der Waals surface area contributed by atoms with Crippen LogP contribution < -0.4 is 16.4 Å². The summed E-state index contributed by atoms with van der Waals surface area (Å²) in [6.45, 7) is 6.44. The SMILES string of the molecule is CCCNC(=O)c1sc(NCC)c(S(=O)(=O)CC)c1N. The Morgan fingerprint density at radius 2 is 1.95 bits per heavy atom. The molecule has 6 nitrogen and oxygen atoms in total. The van der Waals surface area contributed by atoms with Gasteiger partial charge in [-0.15, -0.1) is 11.3 Å². The molecule has 8 heteroatoms. The second-order valence-electron chi connectivity index (χ2n) is 4.19. The maximum atomic E-state index is 12.1. The largest absolute Gasteiger partial charge is 0.396 e. The molecular formula is C12H21N3O3S2. The Hall–Kier alpha value is -1.28. The Bertz CT molecular complexity index is 579. The van der Waals surface area contributed by atoms with Crippen molar-refractivity contribution in [3.05, 3.63) is 4.88 Å². The summed E-state index contributed by atoms with van der Waals surface area (Å²) >= 11 is 1.08. The molecule has 114 valence electrons. The number of amides is 1. The highest BCUT2D eigenvalue weighted by atomic mass is 32.2. The number of carbonyl (C=O) groups is 1. The van der Waals surface area contributed by atoms with Crippen LogP contribution in [0.15, 0.2) is 4.90 Å². The smallest absolute Gasteiger partial charge is 0.263 e. The van der Waals surface area contributed by atoms with E-state index in [-0.39, 0.29) is 27.1 Å². The van der Waals surface area contributed by atoms with Crippen LogP contribution in [0.2, 0.25) is 0 Å². The van der Waals surface area contributed by atoms with Crippen LogP contribution in [-0.4, -0.2) is 33.2 Å². The Morgan fingerprint density at radius 3 is 2.45 bits per heavy atom. The summed E-state index contributed by atoms with van der Waals surface area (Å²) < 4.78 is 24.2. The zero-order valence-electron chi connectivity index (χ0n) is 11.9. The average molecular weight is 319 g/mol. The first kappa shape index (κ1) is 16.8. The quantitative estimate of drug-likeness (QED) is 0.710. The van der Waals surface area contributed by atoms with Crippen molar-refractivity contribution in [2.75, 3.05) is 29.9 Å². The molecule has 0 fully saturated rings. The number of carbonyl (C=O) groups excluding carboxylic acids is 1. The van der Waals surface area contributed by atoms with Gasteiger partial charge in [-0.3, -0.25) is 4.79 Å². The second kappa shape index (κ2) is 6.94. The number of nitrogens with one attached hydrogen (secondary N) is 2. The zero-order valence-corrected chi connectivity index (χ0v) is 13.6. The summed E-state index contributed by atoms with van der Waals surface area (Å²) in [5.41, 5.74) is 5.94. The van der Waals surface area contributed by atoms with Gasteiger partial charge in [-0.05, 0) is 13.3 Å². The van der Waals surface area contributed by atoms with Gasteiger partial charge in [0.1, 0.15) is 14.8 Å². The highest BCUT2D eigenvalue weighted by Gasteiger charge is 2.28. The zero-order chi connectivity index (χ0) is 15.3. The van der Waals surface area contributed by atoms with E-state index in [0.717, 1.165) is 17.8 Å². The maximum absolute atomic E-state index is 12.1.